The predicted octanol–water partition coefficient (Wildman–Crippen LogP) is 2.26. The first-order valence-corrected chi connectivity index (χ1v) is 6.38. The molecule has 0 heterocycles. The number of methoxy groups -OCH3 is 1. The van der Waals surface area contributed by atoms with Crippen molar-refractivity contribution < 1.29 is 9.53 Å². The predicted molar refractivity (Wildman–Crippen MR) is 78.7 cm³/mol. The molecule has 0 saturated carbocycles. The maximum Gasteiger partial charge on any atom is 0.233 e. The zero-order valence-corrected chi connectivity index (χ0v) is 12.7. The van der Waals surface area contributed by atoms with Gasteiger partial charge in [-0.3, -0.25) is 4.79 Å². The topological polar surface area (TPSA) is 55.6 Å². The van der Waals surface area contributed by atoms with Crippen LogP contribution in [-0.4, -0.2) is 26.6 Å². The van der Waals surface area contributed by atoms with Crippen LogP contribution in [0.5, 0.6) is 5.75 Å². The number of hydrogen-bond acceptors (Lipinski definition) is 3. The molecule has 0 radical (unpaired) electrons. The van der Waals surface area contributed by atoms with Gasteiger partial charge < -0.3 is 15.4 Å². The molecule has 19 heavy (non-hydrogen) atoms. The molecule has 106 valence electrons. The summed E-state index contributed by atoms with van der Waals surface area (Å²) in [5.74, 6) is 0.850. The van der Waals surface area contributed by atoms with Crippen molar-refractivity contribution in [1.29, 1.82) is 0 Å². The molecule has 0 spiro atoms. The SMILES string of the molecule is COc1ccc(N(C)C(=O)C(C)(C)CN)c(C)c1C. The number of nitrogens with two attached hydrogens (primary N) is 1. The number of rotatable bonds is 4. The van der Waals surface area contributed by atoms with Crippen LogP contribution in [0.4, 0.5) is 5.69 Å². The second-order valence-corrected chi connectivity index (χ2v) is 5.49. The lowest BCUT2D eigenvalue weighted by atomic mass is 9.91. The fourth-order valence-corrected chi connectivity index (χ4v) is 2.02. The normalized spacial score (nSPS) is 11.3. The Labute approximate surface area is 115 Å². The fraction of sp³-hybridized carbons (Fsp3) is 0.533. The molecule has 0 aliphatic rings. The zero-order valence-electron chi connectivity index (χ0n) is 12.7. The molecule has 1 aromatic rings. The monoisotopic (exact) mass is 264 g/mol. The van der Waals surface area contributed by atoms with Gasteiger partial charge in [-0.15, -0.1) is 0 Å². The van der Waals surface area contributed by atoms with Gasteiger partial charge in [-0.1, -0.05) is 0 Å². The van der Waals surface area contributed by atoms with E-state index >= 15 is 0 Å². The summed E-state index contributed by atoms with van der Waals surface area (Å²) in [7, 11) is 3.43. The maximum absolute atomic E-state index is 12.4. The van der Waals surface area contributed by atoms with Gasteiger partial charge in [0.05, 0.1) is 12.5 Å². The van der Waals surface area contributed by atoms with Gasteiger partial charge in [0.1, 0.15) is 5.75 Å². The summed E-state index contributed by atoms with van der Waals surface area (Å²) >= 11 is 0. The highest BCUT2D eigenvalue weighted by Crippen LogP contribution is 2.31. The summed E-state index contributed by atoms with van der Waals surface area (Å²) in [5.41, 5.74) is 8.09. The van der Waals surface area contributed by atoms with E-state index in [0.717, 1.165) is 22.6 Å². The number of carbonyl (C=O) groups is 1. The van der Waals surface area contributed by atoms with Gasteiger partial charge in [-0.05, 0) is 51.0 Å². The number of nitrogens with zero attached hydrogens (tertiary/aromatic N) is 1. The van der Waals surface area contributed by atoms with Gasteiger partial charge in [0, 0.05) is 19.3 Å². The van der Waals surface area contributed by atoms with Crippen LogP contribution < -0.4 is 15.4 Å². The van der Waals surface area contributed by atoms with Crippen molar-refractivity contribution >= 4 is 11.6 Å². The van der Waals surface area contributed by atoms with Crippen LogP contribution >= 0.6 is 0 Å². The molecule has 1 aromatic carbocycles. The van der Waals surface area contributed by atoms with Crippen molar-refractivity contribution in [3.8, 4) is 5.75 Å². The Morgan fingerprint density at radius 2 is 1.89 bits per heavy atom. The Balaban J connectivity index is 3.18. The Hall–Kier alpha value is -1.55. The van der Waals surface area contributed by atoms with Crippen LogP contribution in [0.3, 0.4) is 0 Å². The third-order valence-corrected chi connectivity index (χ3v) is 3.68. The highest BCUT2D eigenvalue weighted by molar-refractivity contribution is 5.97. The molecule has 0 unspecified atom stereocenters. The molecule has 0 aliphatic carbocycles. The van der Waals surface area contributed by atoms with Crippen LogP contribution in [0, 0.1) is 19.3 Å². The Kier molecular flexibility index (Phi) is 4.58. The first-order valence-electron chi connectivity index (χ1n) is 6.38. The Morgan fingerprint density at radius 3 is 2.37 bits per heavy atom. The largest absolute Gasteiger partial charge is 0.496 e. The lowest BCUT2D eigenvalue weighted by Gasteiger charge is -2.29. The summed E-state index contributed by atoms with van der Waals surface area (Å²) in [4.78, 5) is 14.1. The second-order valence-electron chi connectivity index (χ2n) is 5.49. The van der Waals surface area contributed by atoms with Crippen LogP contribution in [0.2, 0.25) is 0 Å². The van der Waals surface area contributed by atoms with Gasteiger partial charge in [-0.25, -0.2) is 0 Å². The molecular weight excluding hydrogens is 240 g/mol. The first kappa shape index (κ1) is 15.5. The van der Waals surface area contributed by atoms with Crippen molar-refractivity contribution in [3.05, 3.63) is 23.3 Å². The molecule has 2 N–H and O–H groups in total. The number of amides is 1. The maximum atomic E-state index is 12.4. The second kappa shape index (κ2) is 5.61. The van der Waals surface area contributed by atoms with E-state index in [1.54, 1.807) is 19.1 Å². The molecule has 0 atom stereocenters. The highest BCUT2D eigenvalue weighted by Gasteiger charge is 2.30. The third-order valence-electron chi connectivity index (χ3n) is 3.68. The van der Waals surface area contributed by atoms with Crippen LogP contribution in [0.25, 0.3) is 0 Å². The molecular formula is C15H24N2O2. The lowest BCUT2D eigenvalue weighted by molar-refractivity contribution is -0.125. The molecule has 4 heteroatoms. The minimum Gasteiger partial charge on any atom is -0.496 e. The van der Waals surface area contributed by atoms with Gasteiger partial charge in [0.15, 0.2) is 0 Å². The molecule has 0 saturated heterocycles. The zero-order chi connectivity index (χ0) is 14.8. The van der Waals surface area contributed by atoms with E-state index in [1.165, 1.54) is 0 Å². The molecule has 1 rings (SSSR count). The lowest BCUT2D eigenvalue weighted by Crippen LogP contribution is -2.43. The summed E-state index contributed by atoms with van der Waals surface area (Å²) in [6, 6.07) is 3.79. The average Bonchev–Trinajstić information content (AvgIpc) is 2.40. The molecule has 0 aromatic heterocycles. The molecule has 0 fully saturated rings. The van der Waals surface area contributed by atoms with E-state index in [9.17, 15) is 4.79 Å². The van der Waals surface area contributed by atoms with Crippen molar-refractivity contribution in [3.63, 3.8) is 0 Å². The van der Waals surface area contributed by atoms with E-state index < -0.39 is 5.41 Å². The minimum absolute atomic E-state index is 0.0164. The minimum atomic E-state index is -0.560. The third kappa shape index (κ3) is 2.89. The van der Waals surface area contributed by atoms with Gasteiger partial charge in [0.25, 0.3) is 0 Å². The van der Waals surface area contributed by atoms with E-state index in [0.29, 0.717) is 6.54 Å². The van der Waals surface area contributed by atoms with Crippen molar-refractivity contribution in [2.24, 2.45) is 11.1 Å². The van der Waals surface area contributed by atoms with Crippen molar-refractivity contribution in [2.45, 2.75) is 27.7 Å². The fourth-order valence-electron chi connectivity index (χ4n) is 2.02. The number of ether oxygens (including phenoxy) is 1. The van der Waals surface area contributed by atoms with E-state index in [1.807, 2.05) is 39.8 Å². The van der Waals surface area contributed by atoms with Gasteiger partial charge in [0.2, 0.25) is 5.91 Å². The van der Waals surface area contributed by atoms with E-state index in [-0.39, 0.29) is 5.91 Å². The number of carbonyl (C=O) groups excluding carboxylic acids is 1. The smallest absolute Gasteiger partial charge is 0.233 e. The average molecular weight is 264 g/mol. The summed E-state index contributed by atoms with van der Waals surface area (Å²) in [6.07, 6.45) is 0. The van der Waals surface area contributed by atoms with Crippen LogP contribution in [0.1, 0.15) is 25.0 Å². The van der Waals surface area contributed by atoms with Gasteiger partial charge >= 0.3 is 0 Å². The Bertz CT molecular complexity index is 481. The van der Waals surface area contributed by atoms with Crippen molar-refractivity contribution in [2.75, 3.05) is 25.6 Å². The van der Waals surface area contributed by atoms with Crippen LogP contribution in [-0.2, 0) is 4.79 Å². The van der Waals surface area contributed by atoms with Crippen LogP contribution in [0.15, 0.2) is 12.1 Å². The number of benzene rings is 1. The van der Waals surface area contributed by atoms with Crippen molar-refractivity contribution in [1.82, 2.24) is 0 Å². The summed E-state index contributed by atoms with van der Waals surface area (Å²) in [6.45, 7) is 8.02. The van der Waals surface area contributed by atoms with E-state index in [2.05, 4.69) is 0 Å². The molecule has 0 aliphatic heterocycles. The standard InChI is InChI=1S/C15H24N2O2/c1-10-11(2)13(19-6)8-7-12(10)17(5)14(18)15(3,4)9-16/h7-8H,9,16H2,1-6H3. The first-order chi connectivity index (χ1) is 8.76. The quantitative estimate of drug-likeness (QED) is 0.907. The Morgan fingerprint density at radius 1 is 1.32 bits per heavy atom. The molecule has 4 nitrogen and oxygen atoms in total. The number of anilines is 1. The molecule has 1 amide bonds. The summed E-state index contributed by atoms with van der Waals surface area (Å²) in [5, 5.41) is 0. The van der Waals surface area contributed by atoms with E-state index in [4.69, 9.17) is 10.5 Å². The van der Waals surface area contributed by atoms with Gasteiger partial charge in [-0.2, -0.15) is 0 Å². The highest BCUT2D eigenvalue weighted by atomic mass is 16.5. The summed E-state index contributed by atoms with van der Waals surface area (Å²) < 4.78 is 5.29. The molecule has 0 bridgehead atoms. The number of hydrogen-bond donors (Lipinski definition) is 1.